The van der Waals surface area contributed by atoms with Gasteiger partial charge in [-0.25, -0.2) is 0 Å². The molecule has 5 rings (SSSR count). The molecule has 0 fully saturated rings. The summed E-state index contributed by atoms with van der Waals surface area (Å²) < 4.78 is 2.82. The fourth-order valence-corrected chi connectivity index (χ4v) is 4.88. The van der Waals surface area contributed by atoms with Crippen LogP contribution in [0.25, 0.3) is 20.9 Å². The average molecular weight is 418 g/mol. The van der Waals surface area contributed by atoms with Crippen LogP contribution in [-0.4, -0.2) is 15.7 Å². The molecule has 2 aromatic heterocycles. The third kappa shape index (κ3) is 3.39. The summed E-state index contributed by atoms with van der Waals surface area (Å²) in [4.78, 5) is 13.2. The zero-order valence-electron chi connectivity index (χ0n) is 15.3. The summed E-state index contributed by atoms with van der Waals surface area (Å²) in [7, 11) is 0. The predicted octanol–water partition coefficient (Wildman–Crippen LogP) is 6.21. The molecule has 4 nitrogen and oxygen atoms in total. The van der Waals surface area contributed by atoms with Gasteiger partial charge >= 0.3 is 0 Å². The molecule has 0 spiro atoms. The third-order valence-electron chi connectivity index (χ3n) is 4.84. The van der Waals surface area contributed by atoms with E-state index in [1.54, 1.807) is 6.20 Å². The van der Waals surface area contributed by atoms with Crippen molar-refractivity contribution >= 4 is 55.4 Å². The lowest BCUT2D eigenvalue weighted by atomic mass is 10.0. The van der Waals surface area contributed by atoms with E-state index in [0.29, 0.717) is 22.1 Å². The van der Waals surface area contributed by atoms with Crippen molar-refractivity contribution in [2.24, 2.45) is 0 Å². The van der Waals surface area contributed by atoms with Crippen LogP contribution in [0.15, 0.2) is 79.1 Å². The fraction of sp³-hybridized carbons (Fsp3) is 0.0435. The van der Waals surface area contributed by atoms with Gasteiger partial charge in [-0.05, 0) is 22.4 Å². The molecule has 0 saturated carbocycles. The Balaban J connectivity index is 1.37. The molecule has 1 amide bonds. The first kappa shape index (κ1) is 17.9. The fourth-order valence-electron chi connectivity index (χ4n) is 3.47. The summed E-state index contributed by atoms with van der Waals surface area (Å²) in [5.41, 5.74) is 1.82. The van der Waals surface area contributed by atoms with Crippen LogP contribution in [0.5, 0.6) is 0 Å². The maximum Gasteiger partial charge on any atom is 0.267 e. The van der Waals surface area contributed by atoms with Gasteiger partial charge in [0.15, 0.2) is 0 Å². The Kier molecular flexibility index (Phi) is 4.54. The first-order valence-electron chi connectivity index (χ1n) is 9.16. The van der Waals surface area contributed by atoms with Crippen LogP contribution in [0, 0.1) is 0 Å². The second-order valence-corrected chi connectivity index (χ2v) is 8.19. The van der Waals surface area contributed by atoms with Gasteiger partial charge in [-0.1, -0.05) is 72.3 Å². The average Bonchev–Trinajstić information content (AvgIpc) is 3.32. The van der Waals surface area contributed by atoms with E-state index < -0.39 is 0 Å². The number of benzene rings is 3. The van der Waals surface area contributed by atoms with Crippen LogP contribution in [0.4, 0.5) is 5.69 Å². The van der Waals surface area contributed by atoms with Crippen LogP contribution < -0.4 is 5.32 Å². The number of thiophene rings is 1. The lowest BCUT2D eigenvalue weighted by Gasteiger charge is -2.06. The van der Waals surface area contributed by atoms with Gasteiger partial charge < -0.3 is 5.32 Å². The number of hydrogen-bond donors (Lipinski definition) is 1. The number of fused-ring (bicyclic) bond motifs is 2. The Bertz CT molecular complexity index is 1350. The van der Waals surface area contributed by atoms with Crippen LogP contribution in [0.3, 0.4) is 0 Å². The summed E-state index contributed by atoms with van der Waals surface area (Å²) in [6.07, 6.45) is 3.49. The SMILES string of the molecule is O=C(Nc1cnn(Cc2cccc3ccccc23)c1)c1sc2ccccc2c1Cl. The van der Waals surface area contributed by atoms with Crippen molar-refractivity contribution in [1.29, 1.82) is 0 Å². The maximum atomic E-state index is 12.7. The Hall–Kier alpha value is -3.15. The molecule has 29 heavy (non-hydrogen) atoms. The Morgan fingerprint density at radius 1 is 1.00 bits per heavy atom. The van der Waals surface area contributed by atoms with Gasteiger partial charge in [-0.3, -0.25) is 9.48 Å². The van der Waals surface area contributed by atoms with E-state index in [1.807, 2.05) is 53.3 Å². The second-order valence-electron chi connectivity index (χ2n) is 6.76. The molecule has 5 aromatic rings. The zero-order valence-corrected chi connectivity index (χ0v) is 16.9. The molecule has 6 heteroatoms. The predicted molar refractivity (Wildman–Crippen MR) is 120 cm³/mol. The van der Waals surface area contributed by atoms with E-state index in [1.165, 1.54) is 27.7 Å². The highest BCUT2D eigenvalue weighted by molar-refractivity contribution is 7.21. The third-order valence-corrected chi connectivity index (χ3v) is 6.52. The Morgan fingerprint density at radius 2 is 1.76 bits per heavy atom. The number of carbonyl (C=O) groups excluding carboxylic acids is 1. The number of nitrogens with zero attached hydrogens (tertiary/aromatic N) is 2. The lowest BCUT2D eigenvalue weighted by molar-refractivity contribution is 0.103. The molecule has 0 aliphatic heterocycles. The van der Waals surface area contributed by atoms with Crippen LogP contribution in [0.1, 0.15) is 15.2 Å². The van der Waals surface area contributed by atoms with E-state index in [-0.39, 0.29) is 5.91 Å². The summed E-state index contributed by atoms with van der Waals surface area (Å²) in [6.45, 7) is 0.626. The number of nitrogens with one attached hydrogen (secondary N) is 1. The molecule has 1 N–H and O–H groups in total. The summed E-state index contributed by atoms with van der Waals surface area (Å²) in [5.74, 6) is -0.221. The minimum Gasteiger partial charge on any atom is -0.319 e. The summed E-state index contributed by atoms with van der Waals surface area (Å²) in [6, 6.07) is 22.3. The van der Waals surface area contributed by atoms with Crippen molar-refractivity contribution in [1.82, 2.24) is 9.78 Å². The highest BCUT2D eigenvalue weighted by Crippen LogP contribution is 2.35. The van der Waals surface area contributed by atoms with E-state index in [0.717, 1.165) is 10.1 Å². The molecule has 0 aliphatic carbocycles. The largest absolute Gasteiger partial charge is 0.319 e. The topological polar surface area (TPSA) is 46.9 Å². The van der Waals surface area contributed by atoms with Gasteiger partial charge in [-0.2, -0.15) is 5.10 Å². The molecular weight excluding hydrogens is 402 g/mol. The van der Waals surface area contributed by atoms with E-state index in [2.05, 4.69) is 34.7 Å². The number of rotatable bonds is 4. The van der Waals surface area contributed by atoms with Crippen LogP contribution in [-0.2, 0) is 6.54 Å². The smallest absolute Gasteiger partial charge is 0.267 e. The first-order chi connectivity index (χ1) is 14.2. The molecule has 0 unspecified atom stereocenters. The van der Waals surface area contributed by atoms with E-state index in [4.69, 9.17) is 11.6 Å². The van der Waals surface area contributed by atoms with Gasteiger partial charge in [0, 0.05) is 16.3 Å². The number of halogens is 1. The quantitative estimate of drug-likeness (QED) is 0.378. The molecule has 2 heterocycles. The number of hydrogen-bond acceptors (Lipinski definition) is 3. The number of aromatic nitrogens is 2. The molecule has 0 radical (unpaired) electrons. The highest BCUT2D eigenvalue weighted by atomic mass is 35.5. The van der Waals surface area contributed by atoms with Gasteiger partial charge in [0.25, 0.3) is 5.91 Å². The van der Waals surface area contributed by atoms with Gasteiger partial charge in [0.05, 0.1) is 23.5 Å². The highest BCUT2D eigenvalue weighted by Gasteiger charge is 2.17. The van der Waals surface area contributed by atoms with Crippen molar-refractivity contribution in [2.45, 2.75) is 6.54 Å². The Morgan fingerprint density at radius 3 is 2.62 bits per heavy atom. The molecule has 0 saturated heterocycles. The minimum atomic E-state index is -0.221. The molecule has 0 atom stereocenters. The van der Waals surface area contributed by atoms with Gasteiger partial charge in [0.2, 0.25) is 0 Å². The monoisotopic (exact) mass is 417 g/mol. The van der Waals surface area contributed by atoms with E-state index >= 15 is 0 Å². The normalized spacial score (nSPS) is 11.2. The minimum absolute atomic E-state index is 0.221. The number of carbonyl (C=O) groups is 1. The van der Waals surface area contributed by atoms with Gasteiger partial charge in [-0.15, -0.1) is 11.3 Å². The number of anilines is 1. The summed E-state index contributed by atoms with van der Waals surface area (Å²) >= 11 is 7.81. The van der Waals surface area contributed by atoms with Crippen molar-refractivity contribution < 1.29 is 4.79 Å². The van der Waals surface area contributed by atoms with Gasteiger partial charge in [0.1, 0.15) is 4.88 Å². The molecule has 0 aliphatic rings. The number of amides is 1. The van der Waals surface area contributed by atoms with Crippen molar-refractivity contribution in [3.63, 3.8) is 0 Å². The molecule has 142 valence electrons. The Labute approximate surface area is 176 Å². The van der Waals surface area contributed by atoms with Crippen molar-refractivity contribution in [2.75, 3.05) is 5.32 Å². The standard InChI is InChI=1S/C23H16ClN3OS/c24-21-19-10-3-4-11-20(19)29-22(21)23(28)26-17-12-25-27(14-17)13-16-8-5-7-15-6-1-2-9-18(15)16/h1-12,14H,13H2,(H,26,28). The van der Waals surface area contributed by atoms with Crippen molar-refractivity contribution in [3.8, 4) is 0 Å². The second kappa shape index (κ2) is 7.35. The van der Waals surface area contributed by atoms with Crippen LogP contribution >= 0.6 is 22.9 Å². The molecule has 3 aromatic carbocycles. The summed E-state index contributed by atoms with van der Waals surface area (Å²) in [5, 5.41) is 11.1. The van der Waals surface area contributed by atoms with Crippen molar-refractivity contribution in [3.05, 3.63) is 94.6 Å². The van der Waals surface area contributed by atoms with E-state index in [9.17, 15) is 4.79 Å². The maximum absolute atomic E-state index is 12.7. The molecule has 0 bridgehead atoms. The lowest BCUT2D eigenvalue weighted by Crippen LogP contribution is -2.10. The van der Waals surface area contributed by atoms with Crippen LogP contribution in [0.2, 0.25) is 5.02 Å². The molecular formula is C23H16ClN3OS. The first-order valence-corrected chi connectivity index (χ1v) is 10.4. The zero-order chi connectivity index (χ0) is 19.8.